The van der Waals surface area contributed by atoms with E-state index in [4.69, 9.17) is 42.5 Å². The fraction of sp³-hybridized carbons (Fsp3) is 0.160. The van der Waals surface area contributed by atoms with Crippen molar-refractivity contribution in [2.24, 2.45) is 0 Å². The Hall–Kier alpha value is -3.62. The third-order valence-corrected chi connectivity index (χ3v) is 6.25. The molecular formula is C25H21ClN4O3S. The molecule has 2 aromatic carbocycles. The second kappa shape index (κ2) is 9.32. The molecule has 0 amide bonds. The zero-order chi connectivity index (χ0) is 23.7. The van der Waals surface area contributed by atoms with Crippen LogP contribution in [0.2, 0.25) is 5.02 Å². The molecule has 1 unspecified atom stereocenters. The zero-order valence-corrected chi connectivity index (χ0v) is 20.1. The van der Waals surface area contributed by atoms with Crippen LogP contribution in [0.5, 0.6) is 5.75 Å². The number of ether oxygens (including phenoxy) is 1. The Morgan fingerprint density at radius 3 is 2.68 bits per heavy atom. The largest absolute Gasteiger partial charge is 0.497 e. The minimum atomic E-state index is -0.293. The lowest BCUT2D eigenvalue weighted by Crippen LogP contribution is -2.45. The van der Waals surface area contributed by atoms with Gasteiger partial charge < -0.3 is 23.9 Å². The molecule has 3 heterocycles. The second-order valence-electron chi connectivity index (χ2n) is 7.75. The molecular weight excluding hydrogens is 472 g/mol. The number of hydrogen-bond donors (Lipinski definition) is 1. The summed E-state index contributed by atoms with van der Waals surface area (Å²) in [5, 5.41) is 8.83. The lowest BCUT2D eigenvalue weighted by atomic mass is 9.94. The van der Waals surface area contributed by atoms with E-state index in [-0.39, 0.29) is 6.04 Å². The summed E-state index contributed by atoms with van der Waals surface area (Å²) in [5.74, 6) is 2.41. The Bertz CT molecular complexity index is 1350. The zero-order valence-electron chi connectivity index (χ0n) is 18.5. The highest BCUT2D eigenvalue weighted by Crippen LogP contribution is 2.38. The molecule has 0 aliphatic carbocycles. The van der Waals surface area contributed by atoms with Crippen molar-refractivity contribution >= 4 is 34.5 Å². The number of benzene rings is 2. The Balaban J connectivity index is 1.59. The summed E-state index contributed by atoms with van der Waals surface area (Å²) in [6.07, 6.45) is 1.64. The molecule has 4 aromatic rings. The molecule has 0 spiro atoms. The van der Waals surface area contributed by atoms with Gasteiger partial charge in [-0.1, -0.05) is 41.0 Å². The van der Waals surface area contributed by atoms with Crippen molar-refractivity contribution in [1.82, 2.24) is 20.4 Å². The Morgan fingerprint density at radius 2 is 1.97 bits per heavy atom. The molecule has 1 aliphatic rings. The summed E-state index contributed by atoms with van der Waals surface area (Å²) < 4.78 is 16.6. The maximum absolute atomic E-state index is 6.16. The number of rotatable bonds is 6. The second-order valence-corrected chi connectivity index (χ2v) is 8.58. The molecule has 1 atom stereocenters. The van der Waals surface area contributed by atoms with Crippen LogP contribution in [-0.2, 0) is 6.54 Å². The van der Waals surface area contributed by atoms with E-state index in [2.05, 4.69) is 10.5 Å². The number of nitrogens with zero attached hydrogens (tertiary/aromatic N) is 3. The topological polar surface area (TPSA) is 76.6 Å². The van der Waals surface area contributed by atoms with Gasteiger partial charge in [-0.25, -0.2) is 0 Å². The van der Waals surface area contributed by atoms with Gasteiger partial charge in [0, 0.05) is 16.3 Å². The third kappa shape index (κ3) is 4.30. The SMILES string of the molecule is COc1ccc(C2NC(=S)N(Cc3ccco3)C(C)=C2c2nc(-c3cccc(Cl)c3)no2)cc1. The first-order valence-electron chi connectivity index (χ1n) is 10.6. The van der Waals surface area contributed by atoms with E-state index in [1.807, 2.05) is 60.4 Å². The third-order valence-electron chi connectivity index (χ3n) is 5.68. The first-order valence-corrected chi connectivity index (χ1v) is 11.4. The number of halogens is 1. The molecule has 1 N–H and O–H groups in total. The Kier molecular flexibility index (Phi) is 6.08. The maximum Gasteiger partial charge on any atom is 0.258 e. The molecule has 0 radical (unpaired) electrons. The van der Waals surface area contributed by atoms with Crippen LogP contribution in [0.1, 0.15) is 30.2 Å². The summed E-state index contributed by atoms with van der Waals surface area (Å²) in [7, 11) is 1.64. The van der Waals surface area contributed by atoms with Gasteiger partial charge in [0.15, 0.2) is 5.11 Å². The summed E-state index contributed by atoms with van der Waals surface area (Å²) in [6, 6.07) is 18.6. The monoisotopic (exact) mass is 492 g/mol. The molecule has 0 saturated heterocycles. The van der Waals surface area contributed by atoms with Gasteiger partial charge >= 0.3 is 0 Å². The molecule has 1 aliphatic heterocycles. The smallest absolute Gasteiger partial charge is 0.258 e. The van der Waals surface area contributed by atoms with Crippen LogP contribution < -0.4 is 10.1 Å². The van der Waals surface area contributed by atoms with Gasteiger partial charge in [-0.2, -0.15) is 4.98 Å². The quantitative estimate of drug-likeness (QED) is 0.336. The standard InChI is InChI=1S/C25H21ClN4O3S/c1-15-21(24-28-23(29-33-24)17-5-3-6-18(26)13-17)22(16-8-10-19(31-2)11-9-16)27-25(34)30(15)14-20-7-4-12-32-20/h3-13,22H,14H2,1-2H3,(H,27,34). The summed E-state index contributed by atoms with van der Waals surface area (Å²) in [4.78, 5) is 6.67. The van der Waals surface area contributed by atoms with Crippen LogP contribution in [0.3, 0.4) is 0 Å². The van der Waals surface area contributed by atoms with Gasteiger partial charge in [0.2, 0.25) is 5.82 Å². The van der Waals surface area contributed by atoms with Crippen molar-refractivity contribution in [1.29, 1.82) is 0 Å². The number of furan rings is 1. The molecule has 0 fully saturated rings. The number of thiocarbonyl (C=S) groups is 1. The van der Waals surface area contributed by atoms with Crippen LogP contribution in [0.15, 0.2) is 81.6 Å². The highest BCUT2D eigenvalue weighted by atomic mass is 35.5. The molecule has 7 nitrogen and oxygen atoms in total. The summed E-state index contributed by atoms with van der Waals surface area (Å²) in [5.41, 5.74) is 3.47. The molecule has 9 heteroatoms. The number of hydrogen-bond acceptors (Lipinski definition) is 6. The van der Waals surface area contributed by atoms with Crippen LogP contribution >= 0.6 is 23.8 Å². The van der Waals surface area contributed by atoms with Gasteiger partial charge in [-0.15, -0.1) is 0 Å². The van der Waals surface area contributed by atoms with Gasteiger partial charge in [0.1, 0.15) is 11.5 Å². The predicted molar refractivity (Wildman–Crippen MR) is 133 cm³/mol. The average Bonchev–Trinajstić information content (AvgIpc) is 3.54. The van der Waals surface area contributed by atoms with Gasteiger partial charge in [-0.05, 0) is 61.1 Å². The van der Waals surface area contributed by atoms with Crippen LogP contribution in [-0.4, -0.2) is 27.3 Å². The molecule has 2 aromatic heterocycles. The van der Waals surface area contributed by atoms with Crippen molar-refractivity contribution in [2.45, 2.75) is 19.5 Å². The van der Waals surface area contributed by atoms with E-state index in [1.54, 1.807) is 25.5 Å². The minimum absolute atomic E-state index is 0.293. The van der Waals surface area contributed by atoms with E-state index in [1.165, 1.54) is 0 Å². The van der Waals surface area contributed by atoms with E-state index < -0.39 is 0 Å². The predicted octanol–water partition coefficient (Wildman–Crippen LogP) is 5.85. The van der Waals surface area contributed by atoms with Crippen molar-refractivity contribution in [2.75, 3.05) is 7.11 Å². The van der Waals surface area contributed by atoms with Crippen molar-refractivity contribution in [3.8, 4) is 17.1 Å². The van der Waals surface area contributed by atoms with Gasteiger partial charge in [-0.3, -0.25) is 0 Å². The van der Waals surface area contributed by atoms with Crippen molar-refractivity contribution < 1.29 is 13.7 Å². The number of nitrogens with one attached hydrogen (secondary N) is 1. The first-order chi connectivity index (χ1) is 16.5. The first kappa shape index (κ1) is 22.2. The maximum atomic E-state index is 6.16. The van der Waals surface area contributed by atoms with Gasteiger partial charge in [0.25, 0.3) is 5.89 Å². The highest BCUT2D eigenvalue weighted by molar-refractivity contribution is 7.80. The summed E-state index contributed by atoms with van der Waals surface area (Å²) in [6.45, 7) is 2.46. The van der Waals surface area contributed by atoms with Crippen LogP contribution in [0.25, 0.3) is 17.0 Å². The number of methoxy groups -OCH3 is 1. The normalized spacial score (nSPS) is 16.0. The molecule has 5 rings (SSSR count). The summed E-state index contributed by atoms with van der Waals surface area (Å²) >= 11 is 11.9. The fourth-order valence-electron chi connectivity index (χ4n) is 3.93. The van der Waals surface area contributed by atoms with E-state index in [0.717, 1.165) is 33.9 Å². The lowest BCUT2D eigenvalue weighted by molar-refractivity contribution is 0.382. The molecule has 0 saturated carbocycles. The molecule has 172 valence electrons. The van der Waals surface area contributed by atoms with E-state index in [9.17, 15) is 0 Å². The van der Waals surface area contributed by atoms with E-state index >= 15 is 0 Å². The highest BCUT2D eigenvalue weighted by Gasteiger charge is 2.34. The minimum Gasteiger partial charge on any atom is -0.497 e. The Labute approximate surface area is 207 Å². The number of allylic oxidation sites excluding steroid dienone is 1. The lowest BCUT2D eigenvalue weighted by Gasteiger charge is -2.37. The van der Waals surface area contributed by atoms with Gasteiger partial charge in [0.05, 0.1) is 31.5 Å². The fourth-order valence-corrected chi connectivity index (χ4v) is 4.44. The average molecular weight is 493 g/mol. The molecule has 0 bridgehead atoms. The van der Waals surface area contributed by atoms with E-state index in [0.29, 0.717) is 28.4 Å². The van der Waals surface area contributed by atoms with Crippen molar-refractivity contribution in [3.05, 3.63) is 94.9 Å². The number of aromatic nitrogens is 2. The van der Waals surface area contributed by atoms with Crippen molar-refractivity contribution in [3.63, 3.8) is 0 Å². The van der Waals surface area contributed by atoms with Crippen LogP contribution in [0.4, 0.5) is 0 Å². The Morgan fingerprint density at radius 1 is 1.15 bits per heavy atom. The van der Waals surface area contributed by atoms with Crippen LogP contribution in [0, 0.1) is 0 Å². The molecule has 34 heavy (non-hydrogen) atoms.